The van der Waals surface area contributed by atoms with Crippen LogP contribution in [0.4, 0.5) is 0 Å². The first-order chi connectivity index (χ1) is 30.0. The highest BCUT2D eigenvalue weighted by molar-refractivity contribution is 5.71. The molecule has 0 radical (unpaired) electrons. The number of hydrogen-bond donors (Lipinski definition) is 0. The second-order valence-electron chi connectivity index (χ2n) is 17.8. The van der Waals surface area contributed by atoms with Gasteiger partial charge in [0.05, 0.1) is 0 Å². The van der Waals surface area contributed by atoms with Crippen LogP contribution in [-0.2, 0) is 28.6 Å². The molecule has 0 aromatic carbocycles. The Hall–Kier alpha value is -2.37. The van der Waals surface area contributed by atoms with Crippen LogP contribution in [0.15, 0.2) is 36.5 Å². The quantitative estimate of drug-likeness (QED) is 0.0262. The van der Waals surface area contributed by atoms with Crippen LogP contribution >= 0.6 is 0 Å². The fourth-order valence-corrected chi connectivity index (χ4v) is 7.69. The minimum absolute atomic E-state index is 0.0760. The second kappa shape index (κ2) is 50.3. The first-order valence-electron chi connectivity index (χ1n) is 26.5. The smallest absolute Gasteiger partial charge is 0.306 e. The van der Waals surface area contributed by atoms with Crippen LogP contribution in [0.2, 0.25) is 0 Å². The topological polar surface area (TPSA) is 78.9 Å². The molecule has 0 aliphatic heterocycles. The van der Waals surface area contributed by atoms with Gasteiger partial charge in [-0.3, -0.25) is 14.4 Å². The molecule has 6 heteroatoms. The van der Waals surface area contributed by atoms with E-state index >= 15 is 0 Å². The largest absolute Gasteiger partial charge is 0.462 e. The highest BCUT2D eigenvalue weighted by Crippen LogP contribution is 2.16. The predicted molar refractivity (Wildman–Crippen MR) is 261 cm³/mol. The van der Waals surface area contributed by atoms with Crippen molar-refractivity contribution in [1.82, 2.24) is 0 Å². The number of carbonyl (C=O) groups excluding carboxylic acids is 3. The molecule has 0 saturated carbocycles. The Morgan fingerprint density at radius 2 is 0.639 bits per heavy atom. The zero-order valence-corrected chi connectivity index (χ0v) is 40.7. The summed E-state index contributed by atoms with van der Waals surface area (Å²) in [4.78, 5) is 37.7. The van der Waals surface area contributed by atoms with E-state index < -0.39 is 6.10 Å². The van der Waals surface area contributed by atoms with Gasteiger partial charge in [-0.2, -0.15) is 0 Å². The van der Waals surface area contributed by atoms with Crippen molar-refractivity contribution in [3.05, 3.63) is 36.5 Å². The van der Waals surface area contributed by atoms with E-state index in [9.17, 15) is 14.4 Å². The van der Waals surface area contributed by atoms with Crippen molar-refractivity contribution in [1.29, 1.82) is 0 Å². The van der Waals surface area contributed by atoms with Crippen molar-refractivity contribution in [3.63, 3.8) is 0 Å². The van der Waals surface area contributed by atoms with Gasteiger partial charge in [-0.05, 0) is 51.4 Å². The Bertz CT molecular complexity index is 1030. The first kappa shape index (κ1) is 58.6. The molecular weight excluding hydrogens is 757 g/mol. The summed E-state index contributed by atoms with van der Waals surface area (Å²) in [6.45, 7) is 6.48. The monoisotopic (exact) mass is 857 g/mol. The summed E-state index contributed by atoms with van der Waals surface area (Å²) in [5.41, 5.74) is 0. The van der Waals surface area contributed by atoms with Crippen LogP contribution in [0.25, 0.3) is 0 Å². The van der Waals surface area contributed by atoms with Crippen LogP contribution in [0, 0.1) is 0 Å². The Morgan fingerprint density at radius 3 is 1.00 bits per heavy atom. The van der Waals surface area contributed by atoms with E-state index in [2.05, 4.69) is 57.2 Å². The van der Waals surface area contributed by atoms with E-state index in [1.54, 1.807) is 0 Å². The van der Waals surface area contributed by atoms with Gasteiger partial charge < -0.3 is 14.2 Å². The number of allylic oxidation sites excluding steroid dienone is 6. The Balaban J connectivity index is 4.13. The van der Waals surface area contributed by atoms with E-state index in [4.69, 9.17) is 14.2 Å². The van der Waals surface area contributed by atoms with Crippen LogP contribution in [0.5, 0.6) is 0 Å². The number of unbranched alkanes of at least 4 members (excludes halogenated alkanes) is 31. The molecule has 0 aliphatic carbocycles. The van der Waals surface area contributed by atoms with Gasteiger partial charge in [-0.25, -0.2) is 0 Å². The Kier molecular flexibility index (Phi) is 48.3. The summed E-state index contributed by atoms with van der Waals surface area (Å²) in [6.07, 6.45) is 58.8. The van der Waals surface area contributed by atoms with E-state index in [0.29, 0.717) is 19.3 Å². The lowest BCUT2D eigenvalue weighted by Crippen LogP contribution is -2.30. The minimum atomic E-state index is -0.774. The summed E-state index contributed by atoms with van der Waals surface area (Å²) in [5.74, 6) is -0.892. The molecule has 6 nitrogen and oxygen atoms in total. The molecule has 0 spiro atoms. The predicted octanol–water partition coefficient (Wildman–Crippen LogP) is 17.3. The molecule has 1 atom stereocenters. The molecular formula is C55H100O6. The van der Waals surface area contributed by atoms with E-state index in [1.807, 2.05) is 0 Å². The van der Waals surface area contributed by atoms with Crippen molar-refractivity contribution in [2.24, 2.45) is 0 Å². The van der Waals surface area contributed by atoms with E-state index in [1.165, 1.54) is 141 Å². The van der Waals surface area contributed by atoms with E-state index in [-0.39, 0.29) is 31.1 Å². The van der Waals surface area contributed by atoms with Gasteiger partial charge in [0.2, 0.25) is 0 Å². The van der Waals surface area contributed by atoms with Gasteiger partial charge in [0.15, 0.2) is 6.10 Å². The molecule has 0 bridgehead atoms. The molecule has 356 valence electrons. The van der Waals surface area contributed by atoms with E-state index in [0.717, 1.165) is 96.3 Å². The summed E-state index contributed by atoms with van der Waals surface area (Å²) in [6, 6.07) is 0. The molecule has 0 saturated heterocycles. The van der Waals surface area contributed by atoms with Crippen molar-refractivity contribution in [3.8, 4) is 0 Å². The summed E-state index contributed by atoms with van der Waals surface area (Å²) in [7, 11) is 0. The lowest BCUT2D eigenvalue weighted by Gasteiger charge is -2.18. The average Bonchev–Trinajstić information content (AvgIpc) is 3.26. The number of hydrogen-bond acceptors (Lipinski definition) is 6. The van der Waals surface area contributed by atoms with Crippen molar-refractivity contribution >= 4 is 17.9 Å². The summed E-state index contributed by atoms with van der Waals surface area (Å²) >= 11 is 0. The van der Waals surface area contributed by atoms with Crippen molar-refractivity contribution in [2.75, 3.05) is 13.2 Å². The van der Waals surface area contributed by atoms with Gasteiger partial charge in [0.1, 0.15) is 13.2 Å². The van der Waals surface area contributed by atoms with Gasteiger partial charge in [0, 0.05) is 19.3 Å². The minimum Gasteiger partial charge on any atom is -0.462 e. The van der Waals surface area contributed by atoms with Crippen LogP contribution in [0.1, 0.15) is 278 Å². The summed E-state index contributed by atoms with van der Waals surface area (Å²) in [5, 5.41) is 0. The van der Waals surface area contributed by atoms with Crippen LogP contribution < -0.4 is 0 Å². The third kappa shape index (κ3) is 48.5. The third-order valence-corrected chi connectivity index (χ3v) is 11.7. The van der Waals surface area contributed by atoms with Crippen molar-refractivity contribution < 1.29 is 28.6 Å². The molecule has 0 fully saturated rings. The standard InChI is InChI=1S/C55H100O6/c1-4-7-10-13-16-18-20-22-24-25-26-27-28-29-30-32-33-35-37-39-42-45-48-54(57)60-51-52(50-59-53(56)47-44-41-15-12-9-6-3)61-55(58)49-46-43-40-38-36-34-31-23-21-19-17-14-11-8-5-2/h8,11,17,19,23,31,52H,4-7,9-10,12-16,18,20-22,24-30,32-51H2,1-3H3/b11-8-,19-17-,31-23-. The Labute approximate surface area is 378 Å². The molecule has 0 aromatic rings. The average molecular weight is 857 g/mol. The van der Waals surface area contributed by atoms with Crippen LogP contribution in [0.3, 0.4) is 0 Å². The Morgan fingerprint density at radius 1 is 0.344 bits per heavy atom. The molecule has 0 aromatic heterocycles. The maximum absolute atomic E-state index is 12.7. The fraction of sp³-hybridized carbons (Fsp3) is 0.836. The molecule has 61 heavy (non-hydrogen) atoms. The molecule has 0 amide bonds. The lowest BCUT2D eigenvalue weighted by molar-refractivity contribution is -0.167. The second-order valence-corrected chi connectivity index (χ2v) is 17.8. The third-order valence-electron chi connectivity index (χ3n) is 11.7. The normalized spacial score (nSPS) is 12.2. The maximum Gasteiger partial charge on any atom is 0.306 e. The maximum atomic E-state index is 12.7. The zero-order chi connectivity index (χ0) is 44.4. The van der Waals surface area contributed by atoms with Gasteiger partial charge in [0.25, 0.3) is 0 Å². The van der Waals surface area contributed by atoms with Gasteiger partial charge in [-0.1, -0.05) is 243 Å². The molecule has 0 aliphatic rings. The van der Waals surface area contributed by atoms with Crippen molar-refractivity contribution in [2.45, 2.75) is 284 Å². The highest BCUT2D eigenvalue weighted by Gasteiger charge is 2.19. The first-order valence-corrected chi connectivity index (χ1v) is 26.5. The molecule has 0 N–H and O–H groups in total. The number of ether oxygens (including phenoxy) is 3. The van der Waals surface area contributed by atoms with Gasteiger partial charge in [-0.15, -0.1) is 0 Å². The molecule has 0 rings (SSSR count). The number of carbonyl (C=O) groups is 3. The number of esters is 3. The number of rotatable bonds is 48. The summed E-state index contributed by atoms with van der Waals surface area (Å²) < 4.78 is 16.7. The SMILES string of the molecule is CC/C=C\C/C=C\C/C=C\CCCCCCCC(=O)OC(COC(=O)CCCCCCCC)COC(=O)CCCCCCCCCCCCCCCCCCCCCCCC. The lowest BCUT2D eigenvalue weighted by atomic mass is 10.0. The molecule has 0 heterocycles. The highest BCUT2D eigenvalue weighted by atomic mass is 16.6. The molecule has 1 unspecified atom stereocenters. The fourth-order valence-electron chi connectivity index (χ4n) is 7.69. The zero-order valence-electron chi connectivity index (χ0n) is 40.7. The van der Waals surface area contributed by atoms with Gasteiger partial charge >= 0.3 is 17.9 Å². The van der Waals surface area contributed by atoms with Crippen LogP contribution in [-0.4, -0.2) is 37.2 Å².